The van der Waals surface area contributed by atoms with Gasteiger partial charge in [-0.15, -0.1) is 0 Å². The molecule has 0 aromatic heterocycles. The molecule has 0 aliphatic carbocycles. The molecule has 0 bridgehead atoms. The molecule has 0 heterocycles. The Kier molecular flexibility index (Phi) is 2.98. The van der Waals surface area contributed by atoms with Gasteiger partial charge < -0.3 is 5.73 Å². The summed E-state index contributed by atoms with van der Waals surface area (Å²) in [6.45, 7) is 0. The van der Waals surface area contributed by atoms with Crippen LogP contribution < -0.4 is 5.73 Å². The topological polar surface area (TPSA) is 26.0 Å². The summed E-state index contributed by atoms with van der Waals surface area (Å²) in [6.07, 6.45) is -4.50. The summed E-state index contributed by atoms with van der Waals surface area (Å²) in [4.78, 5) is 0. The van der Waals surface area contributed by atoms with Crippen molar-refractivity contribution in [3.05, 3.63) is 53.8 Å². The third-order valence-electron chi connectivity index (χ3n) is 2.54. The third-order valence-corrected chi connectivity index (χ3v) is 2.54. The van der Waals surface area contributed by atoms with Gasteiger partial charge in [0.05, 0.1) is 5.56 Å². The fourth-order valence-corrected chi connectivity index (χ4v) is 1.68. The first-order valence-electron chi connectivity index (χ1n) is 5.11. The van der Waals surface area contributed by atoms with E-state index < -0.39 is 23.2 Å². The molecular weight excluding hydrogens is 246 g/mol. The SMILES string of the molecule is Nc1cc(-c2ccccc2F)ccc1C(F)(F)F. The smallest absolute Gasteiger partial charge is 0.398 e. The van der Waals surface area contributed by atoms with Crippen molar-refractivity contribution in [1.82, 2.24) is 0 Å². The predicted molar refractivity (Wildman–Crippen MR) is 61.3 cm³/mol. The van der Waals surface area contributed by atoms with E-state index in [0.717, 1.165) is 12.1 Å². The van der Waals surface area contributed by atoms with Crippen LogP contribution in [0.5, 0.6) is 0 Å². The standard InChI is InChI=1S/C13H9F4N/c14-11-4-2-1-3-9(11)8-5-6-10(12(18)7-8)13(15,16)17/h1-7H,18H2. The van der Waals surface area contributed by atoms with Crippen LogP contribution in [0.25, 0.3) is 11.1 Å². The summed E-state index contributed by atoms with van der Waals surface area (Å²) < 4.78 is 51.0. The van der Waals surface area contributed by atoms with Crippen LogP contribution in [-0.2, 0) is 6.18 Å². The largest absolute Gasteiger partial charge is 0.418 e. The zero-order valence-electron chi connectivity index (χ0n) is 9.13. The highest BCUT2D eigenvalue weighted by molar-refractivity contribution is 5.69. The van der Waals surface area contributed by atoms with Gasteiger partial charge in [0, 0.05) is 11.3 Å². The van der Waals surface area contributed by atoms with Crippen LogP contribution in [0, 0.1) is 5.82 Å². The first-order valence-corrected chi connectivity index (χ1v) is 5.11. The zero-order valence-corrected chi connectivity index (χ0v) is 9.13. The van der Waals surface area contributed by atoms with Crippen molar-refractivity contribution in [2.24, 2.45) is 0 Å². The average Bonchev–Trinajstić information content (AvgIpc) is 2.27. The summed E-state index contributed by atoms with van der Waals surface area (Å²) >= 11 is 0. The molecule has 1 nitrogen and oxygen atoms in total. The number of anilines is 1. The number of hydrogen-bond donors (Lipinski definition) is 1. The molecule has 0 aliphatic rings. The molecule has 0 fully saturated rings. The summed E-state index contributed by atoms with van der Waals surface area (Å²) in [5.74, 6) is -0.503. The molecule has 2 aromatic rings. The Balaban J connectivity index is 2.51. The van der Waals surface area contributed by atoms with E-state index in [9.17, 15) is 17.6 Å². The van der Waals surface area contributed by atoms with Crippen molar-refractivity contribution in [3.8, 4) is 11.1 Å². The minimum Gasteiger partial charge on any atom is -0.398 e. The molecule has 2 N–H and O–H groups in total. The molecule has 0 spiro atoms. The molecule has 2 rings (SSSR count). The maximum Gasteiger partial charge on any atom is 0.418 e. The molecule has 5 heteroatoms. The zero-order chi connectivity index (χ0) is 13.3. The molecule has 0 aliphatic heterocycles. The highest BCUT2D eigenvalue weighted by Crippen LogP contribution is 2.36. The number of nitrogen functional groups attached to an aromatic ring is 1. The van der Waals surface area contributed by atoms with E-state index in [4.69, 9.17) is 5.73 Å². The lowest BCUT2D eigenvalue weighted by Gasteiger charge is -2.11. The number of halogens is 4. The lowest BCUT2D eigenvalue weighted by atomic mass is 10.0. The van der Waals surface area contributed by atoms with Crippen LogP contribution in [-0.4, -0.2) is 0 Å². The lowest BCUT2D eigenvalue weighted by molar-refractivity contribution is -0.136. The fraction of sp³-hybridized carbons (Fsp3) is 0.0769. The molecule has 0 radical (unpaired) electrons. The first-order chi connectivity index (χ1) is 8.39. The van der Waals surface area contributed by atoms with Gasteiger partial charge in [0.2, 0.25) is 0 Å². The summed E-state index contributed by atoms with van der Waals surface area (Å²) in [6, 6.07) is 9.02. The van der Waals surface area contributed by atoms with E-state index in [1.807, 2.05) is 0 Å². The minimum absolute atomic E-state index is 0.220. The van der Waals surface area contributed by atoms with Crippen molar-refractivity contribution in [2.45, 2.75) is 6.18 Å². The van der Waals surface area contributed by atoms with Crippen LogP contribution in [0.2, 0.25) is 0 Å². The van der Waals surface area contributed by atoms with E-state index >= 15 is 0 Å². The van der Waals surface area contributed by atoms with Gasteiger partial charge in [0.1, 0.15) is 5.82 Å². The summed E-state index contributed by atoms with van der Waals surface area (Å²) in [5.41, 5.74) is 4.56. The normalized spacial score (nSPS) is 11.6. The maximum atomic E-state index is 13.5. The molecule has 2 aromatic carbocycles. The van der Waals surface area contributed by atoms with Gasteiger partial charge in [-0.2, -0.15) is 13.2 Å². The number of rotatable bonds is 1. The van der Waals surface area contributed by atoms with Gasteiger partial charge >= 0.3 is 6.18 Å². The monoisotopic (exact) mass is 255 g/mol. The van der Waals surface area contributed by atoms with Crippen molar-refractivity contribution in [2.75, 3.05) is 5.73 Å². The van der Waals surface area contributed by atoms with Crippen molar-refractivity contribution >= 4 is 5.69 Å². The van der Waals surface area contributed by atoms with Gasteiger partial charge in [-0.3, -0.25) is 0 Å². The highest BCUT2D eigenvalue weighted by atomic mass is 19.4. The Bertz CT molecular complexity index is 575. The molecular formula is C13H9F4N. The predicted octanol–water partition coefficient (Wildman–Crippen LogP) is 4.09. The number of nitrogens with two attached hydrogens (primary N) is 1. The van der Waals surface area contributed by atoms with E-state index in [-0.39, 0.29) is 5.56 Å². The van der Waals surface area contributed by atoms with Gasteiger partial charge in [-0.05, 0) is 23.8 Å². The molecule has 0 unspecified atom stereocenters. The van der Waals surface area contributed by atoms with Crippen LogP contribution >= 0.6 is 0 Å². The second-order valence-corrected chi connectivity index (χ2v) is 3.78. The number of hydrogen-bond acceptors (Lipinski definition) is 1. The molecule has 94 valence electrons. The average molecular weight is 255 g/mol. The molecule has 0 saturated carbocycles. The van der Waals surface area contributed by atoms with E-state index in [1.54, 1.807) is 6.07 Å². The second kappa shape index (κ2) is 4.33. The Morgan fingerprint density at radius 1 is 0.944 bits per heavy atom. The van der Waals surface area contributed by atoms with E-state index in [0.29, 0.717) is 5.56 Å². The first kappa shape index (κ1) is 12.4. The van der Waals surface area contributed by atoms with E-state index in [2.05, 4.69) is 0 Å². The van der Waals surface area contributed by atoms with Gasteiger partial charge in [-0.25, -0.2) is 4.39 Å². The molecule has 18 heavy (non-hydrogen) atoms. The Morgan fingerprint density at radius 3 is 2.17 bits per heavy atom. The lowest BCUT2D eigenvalue weighted by Crippen LogP contribution is -2.08. The Morgan fingerprint density at radius 2 is 1.61 bits per heavy atom. The molecule has 0 saturated heterocycles. The number of benzene rings is 2. The highest BCUT2D eigenvalue weighted by Gasteiger charge is 2.32. The van der Waals surface area contributed by atoms with Crippen molar-refractivity contribution < 1.29 is 17.6 Å². The Labute approximate surface area is 101 Å². The van der Waals surface area contributed by atoms with Crippen molar-refractivity contribution in [3.63, 3.8) is 0 Å². The minimum atomic E-state index is -4.50. The van der Waals surface area contributed by atoms with Crippen molar-refractivity contribution in [1.29, 1.82) is 0 Å². The van der Waals surface area contributed by atoms with Crippen LogP contribution in [0.1, 0.15) is 5.56 Å². The van der Waals surface area contributed by atoms with Gasteiger partial charge in [0.15, 0.2) is 0 Å². The van der Waals surface area contributed by atoms with Crippen LogP contribution in [0.4, 0.5) is 23.2 Å². The second-order valence-electron chi connectivity index (χ2n) is 3.78. The molecule has 0 atom stereocenters. The fourth-order valence-electron chi connectivity index (χ4n) is 1.68. The van der Waals surface area contributed by atoms with Crippen LogP contribution in [0.15, 0.2) is 42.5 Å². The Hall–Kier alpha value is -2.04. The summed E-state index contributed by atoms with van der Waals surface area (Å²) in [5, 5.41) is 0. The maximum absolute atomic E-state index is 13.5. The summed E-state index contributed by atoms with van der Waals surface area (Å²) in [7, 11) is 0. The molecule has 0 amide bonds. The van der Waals surface area contributed by atoms with Crippen LogP contribution in [0.3, 0.4) is 0 Å². The van der Waals surface area contributed by atoms with Gasteiger partial charge in [0.25, 0.3) is 0 Å². The quantitative estimate of drug-likeness (QED) is 0.602. The van der Waals surface area contributed by atoms with Gasteiger partial charge in [-0.1, -0.05) is 24.3 Å². The van der Waals surface area contributed by atoms with E-state index in [1.165, 1.54) is 24.3 Å². The third kappa shape index (κ3) is 2.30. The number of alkyl halides is 3.